The molecule has 0 bridgehead atoms. The minimum absolute atomic E-state index is 0.168. The molecule has 6 heteroatoms. The fraction of sp³-hybridized carbons (Fsp3) is 0.375. The van der Waals surface area contributed by atoms with Crippen LogP contribution in [0, 0.1) is 0 Å². The maximum absolute atomic E-state index is 11.1. The van der Waals surface area contributed by atoms with Crippen molar-refractivity contribution in [1.82, 2.24) is 4.98 Å². The van der Waals surface area contributed by atoms with E-state index in [0.29, 0.717) is 18.9 Å². The highest BCUT2D eigenvalue weighted by atomic mass is 16.5. The monoisotopic (exact) mass is 195 g/mol. The maximum atomic E-state index is 11.1. The summed E-state index contributed by atoms with van der Waals surface area (Å²) in [5.74, 6) is 0.168. The average Bonchev–Trinajstić information content (AvgIpc) is 1.99. The van der Waals surface area contributed by atoms with E-state index in [9.17, 15) is 4.79 Å². The first-order valence-electron chi connectivity index (χ1n) is 4.35. The molecule has 0 saturated carbocycles. The second-order valence-corrected chi connectivity index (χ2v) is 3.34. The smallest absolute Gasteiger partial charge is 0.423 e. The van der Waals surface area contributed by atoms with Crippen molar-refractivity contribution in [3.8, 4) is 0 Å². The molecule has 2 heterocycles. The van der Waals surface area contributed by atoms with Crippen molar-refractivity contribution in [3.05, 3.63) is 28.2 Å². The van der Waals surface area contributed by atoms with Gasteiger partial charge in [0.05, 0.1) is 13.2 Å². The summed E-state index contributed by atoms with van der Waals surface area (Å²) in [5.41, 5.74) is 0.597. The zero-order valence-electron chi connectivity index (χ0n) is 7.43. The normalized spacial score (nSPS) is 16.4. The molecule has 1 aliphatic rings. The van der Waals surface area contributed by atoms with Gasteiger partial charge in [0.1, 0.15) is 0 Å². The van der Waals surface area contributed by atoms with Gasteiger partial charge < -0.3 is 19.8 Å². The van der Waals surface area contributed by atoms with Crippen LogP contribution in [0.4, 0.5) is 0 Å². The number of hydrogen-bond donors (Lipinski definition) is 3. The number of nitrogens with one attached hydrogen (secondary N) is 1. The zero-order valence-corrected chi connectivity index (χ0v) is 7.43. The van der Waals surface area contributed by atoms with E-state index in [1.165, 1.54) is 6.07 Å². The minimum atomic E-state index is -1.60. The Kier molecular flexibility index (Phi) is 2.41. The molecule has 5 nitrogen and oxygen atoms in total. The standard InChI is InChI=1S/C8H10BNO4/c11-8-2-6(9(12)13)1-7(10-8)5-3-14-4-5/h1-2,5,12-13H,3-4H2,(H,10,11). The minimum Gasteiger partial charge on any atom is -0.423 e. The molecule has 3 N–H and O–H groups in total. The maximum Gasteiger partial charge on any atom is 0.488 e. The molecule has 1 aliphatic heterocycles. The zero-order chi connectivity index (χ0) is 10.1. The summed E-state index contributed by atoms with van der Waals surface area (Å²) < 4.78 is 4.98. The third-order valence-electron chi connectivity index (χ3n) is 2.26. The molecule has 0 unspecified atom stereocenters. The second-order valence-electron chi connectivity index (χ2n) is 3.34. The summed E-state index contributed by atoms with van der Waals surface area (Å²) in [7, 11) is -1.60. The highest BCUT2D eigenvalue weighted by molar-refractivity contribution is 6.58. The molecule has 0 aromatic carbocycles. The highest BCUT2D eigenvalue weighted by Crippen LogP contribution is 2.20. The Bertz CT molecular complexity index is 385. The fourth-order valence-corrected chi connectivity index (χ4v) is 1.37. The first kappa shape index (κ1) is 9.45. The lowest BCUT2D eigenvalue weighted by Gasteiger charge is -2.26. The number of ether oxygens (including phenoxy) is 1. The van der Waals surface area contributed by atoms with Crippen LogP contribution in [0.5, 0.6) is 0 Å². The molecule has 14 heavy (non-hydrogen) atoms. The van der Waals surface area contributed by atoms with Crippen LogP contribution >= 0.6 is 0 Å². The first-order valence-corrected chi connectivity index (χ1v) is 4.35. The third-order valence-corrected chi connectivity index (χ3v) is 2.26. The van der Waals surface area contributed by atoms with Crippen molar-refractivity contribution >= 4 is 12.6 Å². The highest BCUT2D eigenvalue weighted by Gasteiger charge is 2.23. The van der Waals surface area contributed by atoms with Gasteiger partial charge in [-0.2, -0.15) is 0 Å². The van der Waals surface area contributed by atoms with Gasteiger partial charge in [-0.3, -0.25) is 4.79 Å². The van der Waals surface area contributed by atoms with Gasteiger partial charge >= 0.3 is 7.12 Å². The van der Waals surface area contributed by atoms with E-state index in [-0.39, 0.29) is 16.9 Å². The van der Waals surface area contributed by atoms with Gasteiger partial charge in [0.2, 0.25) is 5.56 Å². The van der Waals surface area contributed by atoms with Crippen LogP contribution < -0.4 is 11.0 Å². The fourth-order valence-electron chi connectivity index (χ4n) is 1.37. The van der Waals surface area contributed by atoms with Crippen molar-refractivity contribution in [2.24, 2.45) is 0 Å². The molecule has 0 radical (unpaired) electrons. The Morgan fingerprint density at radius 1 is 1.43 bits per heavy atom. The van der Waals surface area contributed by atoms with Crippen molar-refractivity contribution in [2.75, 3.05) is 13.2 Å². The number of hydrogen-bond acceptors (Lipinski definition) is 4. The SMILES string of the molecule is O=c1cc(B(O)O)cc(C2COC2)[nH]1. The quantitative estimate of drug-likeness (QED) is 0.484. The third kappa shape index (κ3) is 1.72. The van der Waals surface area contributed by atoms with Crippen LogP contribution in [0.3, 0.4) is 0 Å². The van der Waals surface area contributed by atoms with Crippen molar-refractivity contribution < 1.29 is 14.8 Å². The van der Waals surface area contributed by atoms with E-state index < -0.39 is 7.12 Å². The van der Waals surface area contributed by atoms with Crippen LogP contribution in [0.2, 0.25) is 0 Å². The molecule has 1 saturated heterocycles. The van der Waals surface area contributed by atoms with E-state index in [2.05, 4.69) is 4.98 Å². The van der Waals surface area contributed by atoms with Gasteiger partial charge in [-0.15, -0.1) is 0 Å². The van der Waals surface area contributed by atoms with Crippen LogP contribution in [0.25, 0.3) is 0 Å². The van der Waals surface area contributed by atoms with E-state index in [1.54, 1.807) is 6.07 Å². The molecule has 1 aromatic rings. The lowest BCUT2D eigenvalue weighted by atomic mass is 9.80. The summed E-state index contributed by atoms with van der Waals surface area (Å²) in [4.78, 5) is 13.8. The van der Waals surface area contributed by atoms with Gasteiger partial charge in [-0.1, -0.05) is 0 Å². The molecule has 0 spiro atoms. The Hall–Kier alpha value is -1.11. The van der Waals surface area contributed by atoms with Crippen LogP contribution in [0.1, 0.15) is 11.6 Å². The first-order chi connectivity index (χ1) is 6.66. The Morgan fingerprint density at radius 3 is 2.64 bits per heavy atom. The number of aromatic amines is 1. The molecule has 74 valence electrons. The molecule has 1 aromatic heterocycles. The molecule has 0 amide bonds. The topological polar surface area (TPSA) is 82.6 Å². The van der Waals surface area contributed by atoms with E-state index >= 15 is 0 Å². The van der Waals surface area contributed by atoms with Crippen molar-refractivity contribution in [1.29, 1.82) is 0 Å². The van der Waals surface area contributed by atoms with Gasteiger partial charge in [-0.25, -0.2) is 0 Å². The lowest BCUT2D eigenvalue weighted by molar-refractivity contribution is 0.00667. The Balaban J connectivity index is 2.35. The summed E-state index contributed by atoms with van der Waals surface area (Å²) in [6.07, 6.45) is 0. The van der Waals surface area contributed by atoms with E-state index in [1.807, 2.05) is 0 Å². The molecule has 0 atom stereocenters. The molecule has 0 aliphatic carbocycles. The number of aromatic nitrogens is 1. The summed E-state index contributed by atoms with van der Waals surface area (Å²) in [6.45, 7) is 1.14. The predicted octanol–water partition coefficient (Wildman–Crippen LogP) is -1.83. The molecule has 2 rings (SSSR count). The van der Waals surface area contributed by atoms with E-state index in [4.69, 9.17) is 14.8 Å². The van der Waals surface area contributed by atoms with Gasteiger partial charge in [-0.05, 0) is 11.5 Å². The Morgan fingerprint density at radius 2 is 2.14 bits per heavy atom. The van der Waals surface area contributed by atoms with Gasteiger partial charge in [0, 0.05) is 17.7 Å². The summed E-state index contributed by atoms with van der Waals surface area (Å²) in [5, 5.41) is 17.8. The van der Waals surface area contributed by atoms with Gasteiger partial charge in [0.25, 0.3) is 0 Å². The van der Waals surface area contributed by atoms with Crippen molar-refractivity contribution in [3.63, 3.8) is 0 Å². The summed E-state index contributed by atoms with van der Waals surface area (Å²) >= 11 is 0. The predicted molar refractivity (Wildman–Crippen MR) is 50.4 cm³/mol. The molecular formula is C8H10BNO4. The van der Waals surface area contributed by atoms with E-state index in [0.717, 1.165) is 0 Å². The second kappa shape index (κ2) is 3.57. The average molecular weight is 195 g/mol. The van der Waals surface area contributed by atoms with Crippen LogP contribution in [-0.4, -0.2) is 35.4 Å². The molecular weight excluding hydrogens is 185 g/mol. The molecule has 1 fully saturated rings. The summed E-state index contributed by atoms with van der Waals surface area (Å²) in [6, 6.07) is 2.76. The van der Waals surface area contributed by atoms with Crippen LogP contribution in [0.15, 0.2) is 16.9 Å². The number of rotatable bonds is 2. The van der Waals surface area contributed by atoms with Gasteiger partial charge in [0.15, 0.2) is 0 Å². The number of pyridine rings is 1. The number of H-pyrrole nitrogens is 1. The van der Waals surface area contributed by atoms with Crippen molar-refractivity contribution in [2.45, 2.75) is 5.92 Å². The largest absolute Gasteiger partial charge is 0.488 e. The lowest BCUT2D eigenvalue weighted by Crippen LogP contribution is -2.36. The Labute approximate surface area is 80.5 Å². The van der Waals surface area contributed by atoms with Crippen LogP contribution in [-0.2, 0) is 4.74 Å².